The summed E-state index contributed by atoms with van der Waals surface area (Å²) < 4.78 is 0. The van der Waals surface area contributed by atoms with Crippen LogP contribution < -0.4 is 0 Å². The number of hydrogen-bond acceptors (Lipinski definition) is 4. The van der Waals surface area contributed by atoms with Gasteiger partial charge in [-0.3, -0.25) is 9.69 Å². The van der Waals surface area contributed by atoms with E-state index in [4.69, 9.17) is 23.2 Å². The van der Waals surface area contributed by atoms with Crippen LogP contribution in [-0.4, -0.2) is 64.2 Å². The smallest absolute Gasteiger partial charge is 0.226 e. The third kappa shape index (κ3) is 4.72. The molecule has 3 atom stereocenters. The Bertz CT molecular complexity index is 1080. The molecule has 182 valence electrons. The Labute approximate surface area is 211 Å². The highest BCUT2D eigenvalue weighted by molar-refractivity contribution is 6.42. The number of likely N-dealkylation sites (tertiary alicyclic amines) is 1. The zero-order chi connectivity index (χ0) is 24.5. The number of hydrogen-bond donors (Lipinski definition) is 2. The van der Waals surface area contributed by atoms with Gasteiger partial charge in [0.2, 0.25) is 5.91 Å². The fraction of sp³-hybridized carbons (Fsp3) is 0.444. The standard InChI is InChI=1S/C27H32Cl2N2O3/c1-3-12-31-13-11-26(20-5-4-6-22(32)16-20)17-21(9-10-27(26,34)18-31)30(2)25(33)15-19-7-8-23(28)24(29)14-19/h3-8,14,16,21,32,34H,1,9-13,15,17-18H2,2H3. The lowest BCUT2D eigenvalue weighted by molar-refractivity contribution is -0.146. The van der Waals surface area contributed by atoms with E-state index in [9.17, 15) is 15.0 Å². The molecule has 4 rings (SSSR count). The molecule has 2 fully saturated rings. The number of aromatic hydroxyl groups is 1. The van der Waals surface area contributed by atoms with Crippen LogP contribution in [0, 0.1) is 0 Å². The van der Waals surface area contributed by atoms with Gasteiger partial charge in [-0.2, -0.15) is 0 Å². The molecular weight excluding hydrogens is 471 g/mol. The van der Waals surface area contributed by atoms with Gasteiger partial charge in [0.15, 0.2) is 0 Å². The number of carbonyl (C=O) groups excluding carboxylic acids is 1. The van der Waals surface area contributed by atoms with Gasteiger partial charge < -0.3 is 15.1 Å². The average Bonchev–Trinajstić information content (AvgIpc) is 2.80. The van der Waals surface area contributed by atoms with E-state index in [1.165, 1.54) is 0 Å². The molecule has 1 aliphatic heterocycles. The summed E-state index contributed by atoms with van der Waals surface area (Å²) in [7, 11) is 1.85. The Balaban J connectivity index is 1.60. The van der Waals surface area contributed by atoms with Crippen molar-refractivity contribution in [2.45, 2.75) is 49.2 Å². The van der Waals surface area contributed by atoms with Gasteiger partial charge >= 0.3 is 0 Å². The highest BCUT2D eigenvalue weighted by atomic mass is 35.5. The summed E-state index contributed by atoms with van der Waals surface area (Å²) in [5, 5.41) is 23.2. The predicted molar refractivity (Wildman–Crippen MR) is 137 cm³/mol. The van der Waals surface area contributed by atoms with Crippen LogP contribution in [0.15, 0.2) is 55.1 Å². The molecule has 0 radical (unpaired) electrons. The van der Waals surface area contributed by atoms with Crippen LogP contribution in [0.3, 0.4) is 0 Å². The Hall–Kier alpha value is -2.05. The summed E-state index contributed by atoms with van der Waals surface area (Å²) in [6, 6.07) is 12.5. The van der Waals surface area contributed by atoms with Gasteiger partial charge in [-0.05, 0) is 67.6 Å². The number of fused-ring (bicyclic) bond motifs is 1. The number of piperidine rings is 1. The number of rotatable bonds is 6. The molecule has 2 N–H and O–H groups in total. The van der Waals surface area contributed by atoms with Crippen molar-refractivity contribution in [2.75, 3.05) is 26.7 Å². The molecule has 2 aromatic rings. The maximum Gasteiger partial charge on any atom is 0.226 e. The lowest BCUT2D eigenvalue weighted by Crippen LogP contribution is -2.67. The highest BCUT2D eigenvalue weighted by Gasteiger charge is 2.58. The Morgan fingerprint density at radius 3 is 2.74 bits per heavy atom. The summed E-state index contributed by atoms with van der Waals surface area (Å²) in [6.07, 6.45) is 4.77. The minimum Gasteiger partial charge on any atom is -0.508 e. The molecule has 1 saturated heterocycles. The number of halogens is 2. The Kier molecular flexibility index (Phi) is 7.30. The molecule has 5 nitrogen and oxygen atoms in total. The fourth-order valence-corrected chi connectivity index (χ4v) is 6.18. The Morgan fingerprint density at radius 1 is 1.24 bits per heavy atom. The van der Waals surface area contributed by atoms with E-state index in [2.05, 4.69) is 11.5 Å². The quantitative estimate of drug-likeness (QED) is 0.556. The maximum atomic E-state index is 13.2. The summed E-state index contributed by atoms with van der Waals surface area (Å²) in [6.45, 7) is 5.94. The van der Waals surface area contributed by atoms with Crippen LogP contribution in [0.4, 0.5) is 0 Å². The first-order valence-electron chi connectivity index (χ1n) is 11.7. The molecule has 1 heterocycles. The molecule has 0 aromatic heterocycles. The number of phenols is 1. The zero-order valence-electron chi connectivity index (χ0n) is 19.5. The number of likely N-dealkylation sites (N-methyl/N-ethyl adjacent to an activating group) is 1. The topological polar surface area (TPSA) is 64.0 Å². The minimum atomic E-state index is -0.952. The number of amides is 1. The van der Waals surface area contributed by atoms with Gasteiger partial charge in [0, 0.05) is 31.6 Å². The van der Waals surface area contributed by atoms with Crippen LogP contribution in [0.25, 0.3) is 0 Å². The van der Waals surface area contributed by atoms with Crippen molar-refractivity contribution in [1.82, 2.24) is 9.80 Å². The van der Waals surface area contributed by atoms with Crippen LogP contribution in [0.5, 0.6) is 5.75 Å². The second kappa shape index (κ2) is 9.90. The predicted octanol–water partition coefficient (Wildman–Crippen LogP) is 4.81. The van der Waals surface area contributed by atoms with Crippen molar-refractivity contribution in [3.63, 3.8) is 0 Å². The van der Waals surface area contributed by atoms with Gasteiger partial charge in [-0.25, -0.2) is 0 Å². The van der Waals surface area contributed by atoms with Crippen LogP contribution in [0.1, 0.15) is 36.8 Å². The molecule has 34 heavy (non-hydrogen) atoms. The van der Waals surface area contributed by atoms with E-state index in [-0.39, 0.29) is 24.1 Å². The van der Waals surface area contributed by atoms with Gasteiger partial charge in [-0.1, -0.05) is 47.5 Å². The normalized spacial score (nSPS) is 27.1. The number of nitrogens with zero attached hydrogens (tertiary/aromatic N) is 2. The molecule has 1 saturated carbocycles. The molecule has 2 aliphatic rings. The van der Waals surface area contributed by atoms with E-state index < -0.39 is 11.0 Å². The largest absolute Gasteiger partial charge is 0.508 e. The number of carbonyl (C=O) groups is 1. The summed E-state index contributed by atoms with van der Waals surface area (Å²) in [4.78, 5) is 17.3. The van der Waals surface area contributed by atoms with Crippen molar-refractivity contribution in [2.24, 2.45) is 0 Å². The lowest BCUT2D eigenvalue weighted by atomic mass is 9.55. The lowest BCUT2D eigenvalue weighted by Gasteiger charge is -2.59. The first-order chi connectivity index (χ1) is 16.2. The molecule has 0 bridgehead atoms. The summed E-state index contributed by atoms with van der Waals surface area (Å²) in [5.41, 5.74) is 0.249. The molecule has 1 aliphatic carbocycles. The average molecular weight is 503 g/mol. The third-order valence-electron chi connectivity index (χ3n) is 7.77. The van der Waals surface area contributed by atoms with Crippen molar-refractivity contribution in [1.29, 1.82) is 0 Å². The third-order valence-corrected chi connectivity index (χ3v) is 8.51. The number of phenolic OH excluding ortho intramolecular Hbond substituents is 1. The van der Waals surface area contributed by atoms with E-state index in [1.807, 2.05) is 36.2 Å². The second-order valence-corrected chi connectivity index (χ2v) is 10.6. The minimum absolute atomic E-state index is 0.00369. The summed E-state index contributed by atoms with van der Waals surface area (Å²) in [5.74, 6) is 0.192. The summed E-state index contributed by atoms with van der Waals surface area (Å²) >= 11 is 12.2. The van der Waals surface area contributed by atoms with Crippen molar-refractivity contribution in [3.8, 4) is 5.75 Å². The van der Waals surface area contributed by atoms with E-state index >= 15 is 0 Å². The van der Waals surface area contributed by atoms with Crippen molar-refractivity contribution < 1.29 is 15.0 Å². The van der Waals surface area contributed by atoms with Crippen molar-refractivity contribution >= 4 is 29.1 Å². The van der Waals surface area contributed by atoms with Gasteiger partial charge in [0.25, 0.3) is 0 Å². The SMILES string of the molecule is C=CCN1CCC2(c3cccc(O)c3)CC(N(C)C(=O)Cc3ccc(Cl)c(Cl)c3)CCC2(O)C1. The monoisotopic (exact) mass is 502 g/mol. The highest BCUT2D eigenvalue weighted by Crippen LogP contribution is 2.52. The van der Waals surface area contributed by atoms with Crippen LogP contribution in [0.2, 0.25) is 10.0 Å². The molecule has 1 amide bonds. The Morgan fingerprint density at radius 2 is 2.03 bits per heavy atom. The van der Waals surface area contributed by atoms with E-state index in [0.29, 0.717) is 35.9 Å². The van der Waals surface area contributed by atoms with Gasteiger partial charge in [0.05, 0.1) is 22.1 Å². The second-order valence-electron chi connectivity index (χ2n) is 9.76. The first kappa shape index (κ1) is 25.1. The molecule has 7 heteroatoms. The van der Waals surface area contributed by atoms with Crippen molar-refractivity contribution in [3.05, 3.63) is 76.3 Å². The first-order valence-corrected chi connectivity index (χ1v) is 12.5. The number of aliphatic hydroxyl groups is 1. The van der Waals surface area contributed by atoms with E-state index in [0.717, 1.165) is 30.6 Å². The molecule has 2 aromatic carbocycles. The van der Waals surface area contributed by atoms with Crippen LogP contribution >= 0.6 is 23.2 Å². The number of benzene rings is 2. The molecule has 0 spiro atoms. The molecular formula is C27H32Cl2N2O3. The van der Waals surface area contributed by atoms with Crippen LogP contribution in [-0.2, 0) is 16.6 Å². The zero-order valence-corrected chi connectivity index (χ0v) is 21.0. The number of β-amino-alcohol motifs (C(OH)–C–C–N with tert-alkyl or cyclic N) is 1. The van der Waals surface area contributed by atoms with E-state index in [1.54, 1.807) is 24.3 Å². The van der Waals surface area contributed by atoms with Gasteiger partial charge in [0.1, 0.15) is 5.75 Å². The fourth-order valence-electron chi connectivity index (χ4n) is 5.86. The maximum absolute atomic E-state index is 13.2. The van der Waals surface area contributed by atoms with Gasteiger partial charge in [-0.15, -0.1) is 6.58 Å². The molecule has 3 unspecified atom stereocenters.